The van der Waals surface area contributed by atoms with Gasteiger partial charge in [0.2, 0.25) is 11.8 Å². The van der Waals surface area contributed by atoms with Crippen LogP contribution in [-0.4, -0.2) is 42.0 Å². The zero-order chi connectivity index (χ0) is 33.1. The molecule has 0 bridgehead atoms. The van der Waals surface area contributed by atoms with Gasteiger partial charge < -0.3 is 25.2 Å². The van der Waals surface area contributed by atoms with Crippen molar-refractivity contribution in [3.05, 3.63) is 82.4 Å². The summed E-state index contributed by atoms with van der Waals surface area (Å²) in [5, 5.41) is 17.7. The number of carbonyl (C=O) groups excluding carboxylic acids is 3. The molecule has 1 fully saturated rings. The Labute approximate surface area is 266 Å². The van der Waals surface area contributed by atoms with Gasteiger partial charge in [0.1, 0.15) is 11.7 Å². The SMILES string of the molecule is COc1cc(C2C(C(=O)Nc3cc(C)ccc3C)C(=O)CC(C)(O)C2C(=O)Nc2cc(C)ccc2C)ccc1OCCC(C)C. The molecule has 0 aliphatic heterocycles. The van der Waals surface area contributed by atoms with Crippen molar-refractivity contribution in [1.29, 1.82) is 0 Å². The van der Waals surface area contributed by atoms with E-state index in [0.29, 0.717) is 41.0 Å². The van der Waals surface area contributed by atoms with Gasteiger partial charge in [-0.15, -0.1) is 0 Å². The highest BCUT2D eigenvalue weighted by atomic mass is 16.5. The fourth-order valence-electron chi connectivity index (χ4n) is 6.07. The van der Waals surface area contributed by atoms with Crippen LogP contribution in [-0.2, 0) is 14.4 Å². The van der Waals surface area contributed by atoms with Crippen molar-refractivity contribution in [2.24, 2.45) is 17.8 Å². The first-order valence-corrected chi connectivity index (χ1v) is 15.5. The molecule has 4 rings (SSSR count). The summed E-state index contributed by atoms with van der Waals surface area (Å²) in [4.78, 5) is 42.1. The summed E-state index contributed by atoms with van der Waals surface area (Å²) in [5.41, 5.74) is 3.58. The van der Waals surface area contributed by atoms with Crippen molar-refractivity contribution >= 4 is 29.0 Å². The van der Waals surface area contributed by atoms with Crippen LogP contribution in [0.2, 0.25) is 0 Å². The number of methoxy groups -OCH3 is 1. The number of benzene rings is 3. The Morgan fingerprint density at radius 3 is 2.02 bits per heavy atom. The third-order valence-corrected chi connectivity index (χ3v) is 8.66. The standard InChI is InChI=1S/C37H46N2O6/c1-21(2)15-16-45-30-14-13-26(19-31(30)44-8)32-33(35(41)38-27-17-22(3)9-11-24(27)5)29(40)20-37(7,43)34(32)36(42)39-28-18-23(4)10-12-25(28)6/h9-14,17-19,21,32-34,43H,15-16,20H2,1-8H3,(H,38,41)(H,39,42). The largest absolute Gasteiger partial charge is 0.493 e. The van der Waals surface area contributed by atoms with Crippen LogP contribution in [0.5, 0.6) is 11.5 Å². The molecule has 240 valence electrons. The maximum Gasteiger partial charge on any atom is 0.235 e. The van der Waals surface area contributed by atoms with Crippen molar-refractivity contribution in [2.45, 2.75) is 72.8 Å². The van der Waals surface area contributed by atoms with E-state index in [1.165, 1.54) is 14.0 Å². The normalized spacial score (nSPS) is 21.4. The number of hydrogen-bond donors (Lipinski definition) is 3. The number of amides is 2. The maximum absolute atomic E-state index is 14.2. The van der Waals surface area contributed by atoms with Crippen LogP contribution in [0.3, 0.4) is 0 Å². The highest BCUT2D eigenvalue weighted by molar-refractivity contribution is 6.10. The summed E-state index contributed by atoms with van der Waals surface area (Å²) in [6, 6.07) is 16.6. The molecular formula is C37H46N2O6. The molecule has 1 aliphatic rings. The third kappa shape index (κ3) is 7.74. The molecule has 45 heavy (non-hydrogen) atoms. The Morgan fingerprint density at radius 2 is 1.47 bits per heavy atom. The maximum atomic E-state index is 14.2. The first kappa shape index (κ1) is 33.7. The van der Waals surface area contributed by atoms with Crippen LogP contribution >= 0.6 is 0 Å². The second-order valence-corrected chi connectivity index (χ2v) is 13.0. The van der Waals surface area contributed by atoms with Crippen molar-refractivity contribution in [1.82, 2.24) is 0 Å². The molecule has 8 nitrogen and oxygen atoms in total. The molecule has 0 radical (unpaired) electrons. The van der Waals surface area contributed by atoms with E-state index < -0.39 is 41.0 Å². The molecule has 3 aromatic rings. The number of anilines is 2. The molecule has 0 aromatic heterocycles. The van der Waals surface area contributed by atoms with E-state index in [9.17, 15) is 19.5 Å². The first-order chi connectivity index (χ1) is 21.2. The van der Waals surface area contributed by atoms with Crippen molar-refractivity contribution in [3.8, 4) is 11.5 Å². The van der Waals surface area contributed by atoms with E-state index in [-0.39, 0.29) is 6.42 Å². The summed E-state index contributed by atoms with van der Waals surface area (Å²) >= 11 is 0. The Hall–Kier alpha value is -4.17. The lowest BCUT2D eigenvalue weighted by atomic mass is 9.61. The van der Waals surface area contributed by atoms with Crippen molar-refractivity contribution in [3.63, 3.8) is 0 Å². The quantitative estimate of drug-likeness (QED) is 0.220. The van der Waals surface area contributed by atoms with Gasteiger partial charge in [0, 0.05) is 23.7 Å². The number of carbonyl (C=O) groups is 3. The lowest BCUT2D eigenvalue weighted by molar-refractivity contribution is -0.150. The van der Waals surface area contributed by atoms with Gasteiger partial charge in [-0.2, -0.15) is 0 Å². The molecule has 2 amide bonds. The number of rotatable bonds is 10. The summed E-state index contributed by atoms with van der Waals surface area (Å²) in [5.74, 6) is -3.48. The molecule has 3 N–H and O–H groups in total. The van der Waals surface area contributed by atoms with Gasteiger partial charge in [-0.05, 0) is 99.0 Å². The van der Waals surface area contributed by atoms with Crippen molar-refractivity contribution in [2.75, 3.05) is 24.4 Å². The van der Waals surface area contributed by atoms with Gasteiger partial charge in [-0.25, -0.2) is 0 Å². The molecule has 0 heterocycles. The zero-order valence-corrected chi connectivity index (χ0v) is 27.6. The highest BCUT2D eigenvalue weighted by Crippen LogP contribution is 2.48. The van der Waals surface area contributed by atoms with Gasteiger partial charge in [0.15, 0.2) is 11.5 Å². The molecule has 4 atom stereocenters. The molecule has 1 aliphatic carbocycles. The predicted molar refractivity (Wildman–Crippen MR) is 177 cm³/mol. The fourth-order valence-corrected chi connectivity index (χ4v) is 6.07. The first-order valence-electron chi connectivity index (χ1n) is 15.5. The average Bonchev–Trinajstić information content (AvgIpc) is 2.95. The number of Topliss-reactive ketones (excluding diaryl/α,β-unsaturated/α-hetero) is 1. The second kappa shape index (κ2) is 13.9. The molecular weight excluding hydrogens is 568 g/mol. The number of nitrogens with one attached hydrogen (secondary N) is 2. The molecule has 1 saturated carbocycles. The summed E-state index contributed by atoms with van der Waals surface area (Å²) in [7, 11) is 1.52. The topological polar surface area (TPSA) is 114 Å². The predicted octanol–water partition coefficient (Wildman–Crippen LogP) is 6.67. The lowest BCUT2D eigenvalue weighted by Gasteiger charge is -2.44. The Balaban J connectivity index is 1.82. The summed E-state index contributed by atoms with van der Waals surface area (Å²) < 4.78 is 11.7. The summed E-state index contributed by atoms with van der Waals surface area (Å²) in [6.45, 7) is 13.8. The van der Waals surface area contributed by atoms with E-state index in [2.05, 4.69) is 24.5 Å². The number of aliphatic hydroxyl groups is 1. The van der Waals surface area contributed by atoms with Crippen LogP contribution in [0.25, 0.3) is 0 Å². The third-order valence-electron chi connectivity index (χ3n) is 8.66. The number of ketones is 1. The van der Waals surface area contributed by atoms with E-state index in [1.54, 1.807) is 18.2 Å². The van der Waals surface area contributed by atoms with E-state index in [4.69, 9.17) is 9.47 Å². The minimum absolute atomic E-state index is 0.354. The van der Waals surface area contributed by atoms with E-state index in [0.717, 1.165) is 28.7 Å². The lowest BCUT2D eigenvalue weighted by Crippen LogP contribution is -2.56. The number of hydrogen-bond acceptors (Lipinski definition) is 6. The minimum Gasteiger partial charge on any atom is -0.493 e. The van der Waals surface area contributed by atoms with E-state index >= 15 is 0 Å². The van der Waals surface area contributed by atoms with Crippen LogP contribution in [0.1, 0.15) is 67.3 Å². The van der Waals surface area contributed by atoms with Gasteiger partial charge in [-0.1, -0.05) is 44.2 Å². The van der Waals surface area contributed by atoms with E-state index in [1.807, 2.05) is 64.1 Å². The van der Waals surface area contributed by atoms with Gasteiger partial charge in [-0.3, -0.25) is 14.4 Å². The smallest absolute Gasteiger partial charge is 0.235 e. The van der Waals surface area contributed by atoms with Gasteiger partial charge in [0.05, 0.1) is 25.2 Å². The zero-order valence-electron chi connectivity index (χ0n) is 27.6. The Morgan fingerprint density at radius 1 is 0.889 bits per heavy atom. The second-order valence-electron chi connectivity index (χ2n) is 13.0. The summed E-state index contributed by atoms with van der Waals surface area (Å²) in [6.07, 6.45) is 0.499. The average molecular weight is 615 g/mol. The van der Waals surface area contributed by atoms with Gasteiger partial charge in [0.25, 0.3) is 0 Å². The molecule has 3 aromatic carbocycles. The number of aryl methyl sites for hydroxylation is 4. The van der Waals surface area contributed by atoms with Crippen LogP contribution < -0.4 is 20.1 Å². The van der Waals surface area contributed by atoms with Crippen LogP contribution in [0.15, 0.2) is 54.6 Å². The van der Waals surface area contributed by atoms with Crippen molar-refractivity contribution < 1.29 is 29.0 Å². The Kier molecular flexibility index (Phi) is 10.4. The number of ether oxygens (including phenoxy) is 2. The van der Waals surface area contributed by atoms with Gasteiger partial charge >= 0.3 is 0 Å². The van der Waals surface area contributed by atoms with Crippen LogP contribution in [0.4, 0.5) is 11.4 Å². The highest BCUT2D eigenvalue weighted by Gasteiger charge is 2.56. The molecule has 4 unspecified atom stereocenters. The molecule has 0 saturated heterocycles. The monoisotopic (exact) mass is 614 g/mol. The van der Waals surface area contributed by atoms with Crippen LogP contribution in [0, 0.1) is 45.4 Å². The Bertz CT molecular complexity index is 1580. The molecule has 0 spiro atoms. The fraction of sp³-hybridized carbons (Fsp3) is 0.432. The minimum atomic E-state index is -1.74. The molecule has 8 heteroatoms.